The first-order valence-electron chi connectivity index (χ1n) is 8.22. The molecule has 1 fully saturated rings. The first-order chi connectivity index (χ1) is 12.4. The second kappa shape index (κ2) is 7.33. The lowest BCUT2D eigenvalue weighted by Gasteiger charge is -2.25. The summed E-state index contributed by atoms with van der Waals surface area (Å²) in [5, 5.41) is 2.81. The van der Waals surface area contributed by atoms with Crippen molar-refractivity contribution in [3.05, 3.63) is 48.3 Å². The minimum absolute atomic E-state index is 0.102. The largest absolute Gasteiger partial charge is 0.495 e. The van der Waals surface area contributed by atoms with Gasteiger partial charge in [-0.05, 0) is 24.6 Å². The highest BCUT2D eigenvalue weighted by Crippen LogP contribution is 2.25. The summed E-state index contributed by atoms with van der Waals surface area (Å²) in [6.07, 6.45) is 3.69. The van der Waals surface area contributed by atoms with Crippen LogP contribution >= 0.6 is 0 Å². The average molecular weight is 375 g/mol. The molecule has 0 spiro atoms. The molecule has 0 saturated carbocycles. The summed E-state index contributed by atoms with van der Waals surface area (Å²) in [5.74, 6) is 0.583. The Morgan fingerprint density at radius 3 is 2.77 bits per heavy atom. The minimum Gasteiger partial charge on any atom is -0.495 e. The predicted octanol–water partition coefficient (Wildman–Crippen LogP) is 1.97. The number of benzene rings is 1. The zero-order valence-corrected chi connectivity index (χ0v) is 15.5. The van der Waals surface area contributed by atoms with Crippen molar-refractivity contribution in [2.45, 2.75) is 12.5 Å². The normalized spacial score (nSPS) is 18.3. The van der Waals surface area contributed by atoms with Crippen LogP contribution in [-0.4, -0.2) is 51.0 Å². The Bertz CT molecular complexity index is 914. The van der Waals surface area contributed by atoms with Crippen LogP contribution in [0.3, 0.4) is 0 Å². The summed E-state index contributed by atoms with van der Waals surface area (Å²) in [5.41, 5.74) is 1.67. The van der Waals surface area contributed by atoms with Gasteiger partial charge in [0, 0.05) is 19.3 Å². The number of sulfone groups is 1. The van der Waals surface area contributed by atoms with Crippen molar-refractivity contribution in [2.24, 2.45) is 0 Å². The molecule has 1 amide bonds. The van der Waals surface area contributed by atoms with Crippen molar-refractivity contribution in [2.75, 3.05) is 35.9 Å². The first kappa shape index (κ1) is 18.2. The molecule has 1 unspecified atom stereocenters. The van der Waals surface area contributed by atoms with Crippen LogP contribution in [0.25, 0.3) is 0 Å². The van der Waals surface area contributed by atoms with Crippen LogP contribution in [0, 0.1) is 0 Å². The molecule has 1 N–H and O–H groups in total. The Labute approximate surface area is 152 Å². The molecular weight excluding hydrogens is 354 g/mol. The second-order valence-corrected chi connectivity index (χ2v) is 8.48. The first-order valence-corrected chi connectivity index (χ1v) is 10.0. The molecule has 26 heavy (non-hydrogen) atoms. The van der Waals surface area contributed by atoms with Crippen molar-refractivity contribution in [1.82, 2.24) is 4.98 Å². The molecule has 2 heterocycles. The summed E-state index contributed by atoms with van der Waals surface area (Å²) >= 11 is 0. The maximum Gasteiger partial charge on any atom is 0.257 e. The molecule has 138 valence electrons. The fourth-order valence-electron chi connectivity index (χ4n) is 2.98. The van der Waals surface area contributed by atoms with Gasteiger partial charge in [-0.25, -0.2) is 8.42 Å². The van der Waals surface area contributed by atoms with E-state index in [1.54, 1.807) is 30.5 Å². The number of nitrogens with one attached hydrogen (secondary N) is 1. The van der Waals surface area contributed by atoms with Gasteiger partial charge in [-0.2, -0.15) is 0 Å². The Hall–Kier alpha value is -2.61. The average Bonchev–Trinajstić information content (AvgIpc) is 3.01. The number of methoxy groups -OCH3 is 1. The van der Waals surface area contributed by atoms with Crippen LogP contribution in [0.2, 0.25) is 0 Å². The van der Waals surface area contributed by atoms with Gasteiger partial charge in [0.2, 0.25) is 0 Å². The van der Waals surface area contributed by atoms with Crippen molar-refractivity contribution in [3.8, 4) is 5.75 Å². The molecule has 1 saturated heterocycles. The van der Waals surface area contributed by atoms with Crippen molar-refractivity contribution >= 4 is 27.1 Å². The van der Waals surface area contributed by atoms with Gasteiger partial charge in [0.15, 0.2) is 9.84 Å². The summed E-state index contributed by atoms with van der Waals surface area (Å²) in [7, 11) is 0.385. The van der Waals surface area contributed by atoms with E-state index in [-0.39, 0.29) is 23.5 Å². The third kappa shape index (κ3) is 3.96. The molecule has 3 rings (SSSR count). The Balaban J connectivity index is 1.77. The minimum atomic E-state index is -2.98. The number of amides is 1. The van der Waals surface area contributed by atoms with Gasteiger partial charge in [-0.3, -0.25) is 9.78 Å². The standard InChI is InChI=1S/C18H21N3O4S/c1-21(14-7-8-26(23,24)12-14)15-9-13(10-19-11-15)18(22)20-16-5-3-4-6-17(16)25-2/h3-6,9-11,14H,7-8,12H2,1-2H3,(H,20,22). The Morgan fingerprint density at radius 2 is 2.08 bits per heavy atom. The number of rotatable bonds is 5. The van der Waals surface area contributed by atoms with Gasteiger partial charge in [-0.15, -0.1) is 0 Å². The molecule has 1 atom stereocenters. The monoisotopic (exact) mass is 375 g/mol. The molecule has 0 aliphatic carbocycles. The van der Waals surface area contributed by atoms with E-state index >= 15 is 0 Å². The molecule has 7 nitrogen and oxygen atoms in total. The summed E-state index contributed by atoms with van der Waals surface area (Å²) in [4.78, 5) is 18.6. The van der Waals surface area contributed by atoms with Crippen LogP contribution in [0.5, 0.6) is 5.75 Å². The van der Waals surface area contributed by atoms with Crippen molar-refractivity contribution in [3.63, 3.8) is 0 Å². The highest BCUT2D eigenvalue weighted by atomic mass is 32.2. The smallest absolute Gasteiger partial charge is 0.257 e. The van der Waals surface area contributed by atoms with Gasteiger partial charge in [-0.1, -0.05) is 12.1 Å². The third-order valence-electron chi connectivity index (χ3n) is 4.50. The molecule has 2 aromatic rings. The van der Waals surface area contributed by atoms with Gasteiger partial charge in [0.25, 0.3) is 5.91 Å². The predicted molar refractivity (Wildman–Crippen MR) is 101 cm³/mol. The molecule has 1 aliphatic rings. The molecule has 1 aliphatic heterocycles. The zero-order chi connectivity index (χ0) is 18.7. The lowest BCUT2D eigenvalue weighted by Crippen LogP contribution is -2.32. The lowest BCUT2D eigenvalue weighted by atomic mass is 10.2. The molecule has 1 aromatic heterocycles. The Kier molecular flexibility index (Phi) is 5.13. The van der Waals surface area contributed by atoms with E-state index in [4.69, 9.17) is 4.74 Å². The lowest BCUT2D eigenvalue weighted by molar-refractivity contribution is 0.102. The van der Waals surface area contributed by atoms with E-state index in [1.165, 1.54) is 13.3 Å². The van der Waals surface area contributed by atoms with Crippen molar-refractivity contribution < 1.29 is 17.9 Å². The summed E-state index contributed by atoms with van der Waals surface area (Å²) in [6, 6.07) is 8.75. The van der Waals surface area contributed by atoms with Crippen LogP contribution in [0.1, 0.15) is 16.8 Å². The Morgan fingerprint density at radius 1 is 1.31 bits per heavy atom. The SMILES string of the molecule is COc1ccccc1NC(=O)c1cncc(N(C)C2CCS(=O)(=O)C2)c1. The van der Waals surface area contributed by atoms with Gasteiger partial charge >= 0.3 is 0 Å². The van der Waals surface area contributed by atoms with E-state index in [0.29, 0.717) is 29.1 Å². The van der Waals surface area contributed by atoms with E-state index < -0.39 is 9.84 Å². The zero-order valence-electron chi connectivity index (χ0n) is 14.7. The summed E-state index contributed by atoms with van der Waals surface area (Å²) in [6.45, 7) is 0. The van der Waals surface area contributed by atoms with Crippen molar-refractivity contribution in [1.29, 1.82) is 0 Å². The fourth-order valence-corrected chi connectivity index (χ4v) is 4.75. The van der Waals surface area contributed by atoms with Crippen LogP contribution < -0.4 is 15.0 Å². The van der Waals surface area contributed by atoms with Gasteiger partial charge < -0.3 is 15.0 Å². The van der Waals surface area contributed by atoms with Gasteiger partial charge in [0.05, 0.1) is 41.8 Å². The number of ether oxygens (including phenoxy) is 1. The third-order valence-corrected chi connectivity index (χ3v) is 6.25. The number of para-hydroxylation sites is 2. The number of pyridine rings is 1. The number of nitrogens with zero attached hydrogens (tertiary/aromatic N) is 2. The number of anilines is 2. The topological polar surface area (TPSA) is 88.6 Å². The van der Waals surface area contributed by atoms with E-state index in [0.717, 1.165) is 0 Å². The maximum absolute atomic E-state index is 12.6. The molecule has 8 heteroatoms. The molecule has 1 aromatic carbocycles. The molecule has 0 radical (unpaired) electrons. The maximum atomic E-state index is 12.6. The highest BCUT2D eigenvalue weighted by Gasteiger charge is 2.31. The molecular formula is C18H21N3O4S. The van der Waals surface area contributed by atoms with E-state index in [9.17, 15) is 13.2 Å². The van der Waals surface area contributed by atoms with Gasteiger partial charge in [0.1, 0.15) is 5.75 Å². The quantitative estimate of drug-likeness (QED) is 0.859. The van der Waals surface area contributed by atoms with Crippen LogP contribution in [0.4, 0.5) is 11.4 Å². The fraction of sp³-hybridized carbons (Fsp3) is 0.333. The number of carbonyl (C=O) groups excluding carboxylic acids is 1. The van der Waals surface area contributed by atoms with E-state index in [2.05, 4.69) is 10.3 Å². The number of carbonyl (C=O) groups is 1. The van der Waals surface area contributed by atoms with Crippen LogP contribution in [0.15, 0.2) is 42.7 Å². The number of hydrogen-bond donors (Lipinski definition) is 1. The summed E-state index contributed by atoms with van der Waals surface area (Å²) < 4.78 is 28.6. The van der Waals surface area contributed by atoms with E-state index in [1.807, 2.05) is 18.0 Å². The van der Waals surface area contributed by atoms with Crippen LogP contribution in [-0.2, 0) is 9.84 Å². The highest BCUT2D eigenvalue weighted by molar-refractivity contribution is 7.91. The number of aromatic nitrogens is 1. The molecule has 0 bridgehead atoms. The number of hydrogen-bond acceptors (Lipinski definition) is 6. The second-order valence-electron chi connectivity index (χ2n) is 6.25.